The van der Waals surface area contributed by atoms with Crippen molar-refractivity contribution in [3.05, 3.63) is 53.9 Å². The molecule has 0 saturated carbocycles. The molecule has 0 amide bonds. The molecule has 1 aromatic carbocycles. The summed E-state index contributed by atoms with van der Waals surface area (Å²) >= 11 is 0. The summed E-state index contributed by atoms with van der Waals surface area (Å²) < 4.78 is 16.1. The minimum absolute atomic E-state index is 0.111. The lowest BCUT2D eigenvalue weighted by molar-refractivity contribution is 0.509. The highest BCUT2D eigenvalue weighted by Gasteiger charge is 2.16. The topological polar surface area (TPSA) is 29.9 Å². The molecule has 0 aliphatic heterocycles. The van der Waals surface area contributed by atoms with E-state index in [4.69, 9.17) is 0 Å². The predicted molar refractivity (Wildman–Crippen MR) is 83.8 cm³/mol. The first kappa shape index (κ1) is 15.7. The third kappa shape index (κ3) is 4.39. The average Bonchev–Trinajstić information content (AvgIpc) is 2.89. The van der Waals surface area contributed by atoms with Crippen molar-refractivity contribution in [2.24, 2.45) is 7.05 Å². The third-order valence-corrected chi connectivity index (χ3v) is 3.80. The van der Waals surface area contributed by atoms with Gasteiger partial charge in [0.05, 0.1) is 0 Å². The molecule has 1 heterocycles. The largest absolute Gasteiger partial charge is 0.338 e. The molecule has 1 aromatic heterocycles. The monoisotopic (exact) mass is 289 g/mol. The van der Waals surface area contributed by atoms with Gasteiger partial charge in [-0.2, -0.15) is 0 Å². The van der Waals surface area contributed by atoms with Gasteiger partial charge in [-0.3, -0.25) is 0 Å². The molecule has 2 rings (SSSR count). The van der Waals surface area contributed by atoms with Crippen LogP contribution in [0.3, 0.4) is 0 Å². The van der Waals surface area contributed by atoms with Crippen LogP contribution in [0.15, 0.2) is 36.7 Å². The van der Waals surface area contributed by atoms with Gasteiger partial charge in [-0.15, -0.1) is 0 Å². The first-order chi connectivity index (χ1) is 10.2. The zero-order valence-corrected chi connectivity index (χ0v) is 12.8. The minimum atomic E-state index is -0.111. The lowest BCUT2D eigenvalue weighted by atomic mass is 9.93. The lowest BCUT2D eigenvalue weighted by Gasteiger charge is -2.18. The van der Waals surface area contributed by atoms with Crippen LogP contribution in [0.1, 0.15) is 37.1 Å². The van der Waals surface area contributed by atoms with E-state index in [0.717, 1.165) is 43.7 Å². The minimum Gasteiger partial charge on any atom is -0.338 e. The van der Waals surface area contributed by atoms with Gasteiger partial charge >= 0.3 is 0 Å². The molecule has 0 bridgehead atoms. The second-order valence-corrected chi connectivity index (χ2v) is 5.42. The van der Waals surface area contributed by atoms with Gasteiger partial charge in [0.2, 0.25) is 0 Å². The van der Waals surface area contributed by atoms with E-state index >= 15 is 0 Å². The highest BCUT2D eigenvalue weighted by atomic mass is 19.1. The standard InChI is InChI=1S/C17H24FN3/c1-3-10-19-13-14(15-6-4-5-7-16(15)18)8-9-17-20-11-12-21(17)2/h4-7,11-12,14,19H,3,8-10,13H2,1-2H3. The Hall–Kier alpha value is -1.68. The van der Waals surface area contributed by atoms with E-state index in [2.05, 4.69) is 17.2 Å². The Labute approximate surface area is 126 Å². The Morgan fingerprint density at radius 1 is 1.33 bits per heavy atom. The summed E-state index contributed by atoms with van der Waals surface area (Å²) in [4.78, 5) is 4.35. The fraction of sp³-hybridized carbons (Fsp3) is 0.471. The van der Waals surface area contributed by atoms with Crippen molar-refractivity contribution in [3.63, 3.8) is 0 Å². The predicted octanol–water partition coefficient (Wildman–Crippen LogP) is 3.28. The Kier molecular flexibility index (Phi) is 5.93. The molecule has 21 heavy (non-hydrogen) atoms. The van der Waals surface area contributed by atoms with Crippen molar-refractivity contribution in [1.82, 2.24) is 14.9 Å². The van der Waals surface area contributed by atoms with Crippen LogP contribution in [-0.2, 0) is 13.5 Å². The normalized spacial score (nSPS) is 12.5. The summed E-state index contributed by atoms with van der Waals surface area (Å²) in [6, 6.07) is 7.09. The van der Waals surface area contributed by atoms with Gasteiger partial charge in [-0.25, -0.2) is 9.37 Å². The molecule has 2 aromatic rings. The summed E-state index contributed by atoms with van der Waals surface area (Å²) in [5.74, 6) is 1.11. The molecule has 1 N–H and O–H groups in total. The van der Waals surface area contributed by atoms with Crippen LogP contribution in [0.4, 0.5) is 4.39 Å². The van der Waals surface area contributed by atoms with E-state index in [1.165, 1.54) is 0 Å². The van der Waals surface area contributed by atoms with E-state index in [1.54, 1.807) is 12.1 Å². The maximum atomic E-state index is 14.0. The Balaban J connectivity index is 2.05. The first-order valence-electron chi connectivity index (χ1n) is 7.63. The number of nitrogens with zero attached hydrogens (tertiary/aromatic N) is 2. The Morgan fingerprint density at radius 3 is 2.81 bits per heavy atom. The second kappa shape index (κ2) is 7.93. The van der Waals surface area contributed by atoms with Gasteiger partial charge in [0.1, 0.15) is 11.6 Å². The smallest absolute Gasteiger partial charge is 0.126 e. The van der Waals surface area contributed by atoms with E-state index in [0.29, 0.717) is 0 Å². The number of hydrogen-bond acceptors (Lipinski definition) is 2. The molecule has 3 nitrogen and oxygen atoms in total. The van der Waals surface area contributed by atoms with E-state index < -0.39 is 0 Å². The molecule has 0 spiro atoms. The van der Waals surface area contributed by atoms with Crippen LogP contribution in [0.5, 0.6) is 0 Å². The number of nitrogens with one attached hydrogen (secondary N) is 1. The summed E-state index contributed by atoms with van der Waals surface area (Å²) in [5.41, 5.74) is 0.801. The SMILES string of the molecule is CCCNCC(CCc1nccn1C)c1ccccc1F. The Bertz CT molecular complexity index is 550. The zero-order valence-electron chi connectivity index (χ0n) is 12.8. The van der Waals surface area contributed by atoms with Gasteiger partial charge in [0.15, 0.2) is 0 Å². The molecule has 0 aliphatic rings. The number of hydrogen-bond donors (Lipinski definition) is 1. The molecule has 4 heteroatoms. The van der Waals surface area contributed by atoms with E-state index in [1.807, 2.05) is 36.1 Å². The number of halogens is 1. The van der Waals surface area contributed by atoms with Gasteiger partial charge < -0.3 is 9.88 Å². The van der Waals surface area contributed by atoms with Crippen LogP contribution in [-0.4, -0.2) is 22.6 Å². The summed E-state index contributed by atoms with van der Waals surface area (Å²) in [6.07, 6.45) is 6.59. The fourth-order valence-corrected chi connectivity index (χ4v) is 2.57. The van der Waals surface area contributed by atoms with Crippen molar-refractivity contribution in [1.29, 1.82) is 0 Å². The number of benzene rings is 1. The lowest BCUT2D eigenvalue weighted by Crippen LogP contribution is -2.23. The molecule has 0 fully saturated rings. The molecule has 0 radical (unpaired) electrons. The molecule has 1 atom stereocenters. The number of imidazole rings is 1. The third-order valence-electron chi connectivity index (χ3n) is 3.80. The highest BCUT2D eigenvalue weighted by molar-refractivity contribution is 5.22. The van der Waals surface area contributed by atoms with Crippen molar-refractivity contribution in [3.8, 4) is 0 Å². The molecule has 0 saturated heterocycles. The van der Waals surface area contributed by atoms with Gasteiger partial charge in [-0.05, 0) is 36.9 Å². The van der Waals surface area contributed by atoms with Gasteiger partial charge in [0, 0.05) is 32.4 Å². The molecular weight excluding hydrogens is 265 g/mol. The number of aryl methyl sites for hydroxylation is 2. The van der Waals surface area contributed by atoms with Crippen LogP contribution in [0.25, 0.3) is 0 Å². The number of rotatable bonds is 8. The Morgan fingerprint density at radius 2 is 2.14 bits per heavy atom. The van der Waals surface area contributed by atoms with Crippen molar-refractivity contribution in [2.75, 3.05) is 13.1 Å². The molecule has 1 unspecified atom stereocenters. The summed E-state index contributed by atoms with van der Waals surface area (Å²) in [5, 5.41) is 3.41. The van der Waals surface area contributed by atoms with Crippen molar-refractivity contribution in [2.45, 2.75) is 32.1 Å². The first-order valence-corrected chi connectivity index (χ1v) is 7.63. The summed E-state index contributed by atoms with van der Waals surface area (Å²) in [7, 11) is 2.00. The van der Waals surface area contributed by atoms with Crippen LogP contribution < -0.4 is 5.32 Å². The number of aromatic nitrogens is 2. The fourth-order valence-electron chi connectivity index (χ4n) is 2.57. The maximum absolute atomic E-state index is 14.0. The highest BCUT2D eigenvalue weighted by Crippen LogP contribution is 2.23. The van der Waals surface area contributed by atoms with E-state index in [9.17, 15) is 4.39 Å². The van der Waals surface area contributed by atoms with Gasteiger partial charge in [-0.1, -0.05) is 25.1 Å². The zero-order chi connectivity index (χ0) is 15.1. The molecule has 114 valence electrons. The van der Waals surface area contributed by atoms with Gasteiger partial charge in [0.25, 0.3) is 0 Å². The molecular formula is C17H24FN3. The maximum Gasteiger partial charge on any atom is 0.126 e. The van der Waals surface area contributed by atoms with E-state index in [-0.39, 0.29) is 11.7 Å². The molecule has 0 aliphatic carbocycles. The van der Waals surface area contributed by atoms with Crippen molar-refractivity contribution < 1.29 is 4.39 Å². The quantitative estimate of drug-likeness (QED) is 0.756. The average molecular weight is 289 g/mol. The van der Waals surface area contributed by atoms with Crippen LogP contribution in [0.2, 0.25) is 0 Å². The van der Waals surface area contributed by atoms with Crippen molar-refractivity contribution >= 4 is 0 Å². The van der Waals surface area contributed by atoms with Crippen LogP contribution in [0, 0.1) is 5.82 Å². The summed E-state index contributed by atoms with van der Waals surface area (Å²) in [6.45, 7) is 3.91. The van der Waals surface area contributed by atoms with Crippen LogP contribution >= 0.6 is 0 Å². The second-order valence-electron chi connectivity index (χ2n) is 5.42.